The largest absolute Gasteiger partial charge is 0.396 e. The van der Waals surface area contributed by atoms with Crippen LogP contribution in [0, 0.1) is 5.82 Å². The van der Waals surface area contributed by atoms with Crippen molar-refractivity contribution >= 4 is 23.2 Å². The van der Waals surface area contributed by atoms with Gasteiger partial charge in [0.1, 0.15) is 5.82 Å². The first kappa shape index (κ1) is 14.3. The van der Waals surface area contributed by atoms with Gasteiger partial charge < -0.3 is 5.11 Å². The zero-order valence-corrected chi connectivity index (χ0v) is 11.6. The number of benzene rings is 2. The van der Waals surface area contributed by atoms with Gasteiger partial charge in [0.15, 0.2) is 0 Å². The van der Waals surface area contributed by atoms with Crippen LogP contribution < -0.4 is 0 Å². The summed E-state index contributed by atoms with van der Waals surface area (Å²) in [5.41, 5.74) is 1.29. The quantitative estimate of drug-likeness (QED) is 0.884. The molecular weight excluding hydrogens is 286 g/mol. The van der Waals surface area contributed by atoms with E-state index in [2.05, 4.69) is 0 Å². The van der Waals surface area contributed by atoms with Crippen LogP contribution in [0.15, 0.2) is 42.5 Å². The van der Waals surface area contributed by atoms with Crippen LogP contribution in [0.25, 0.3) is 0 Å². The minimum Gasteiger partial charge on any atom is -0.396 e. The van der Waals surface area contributed by atoms with E-state index in [1.165, 1.54) is 6.07 Å². The fourth-order valence-corrected chi connectivity index (χ4v) is 2.43. The summed E-state index contributed by atoms with van der Waals surface area (Å²) in [5, 5.41) is 10.6. The lowest BCUT2D eigenvalue weighted by atomic mass is 9.92. The van der Waals surface area contributed by atoms with Crippen molar-refractivity contribution in [3.63, 3.8) is 0 Å². The second kappa shape index (κ2) is 6.38. The molecule has 0 amide bonds. The Labute approximate surface area is 121 Å². The van der Waals surface area contributed by atoms with Crippen molar-refractivity contribution in [2.45, 2.75) is 12.3 Å². The number of hydrogen-bond acceptors (Lipinski definition) is 1. The molecule has 4 heteroatoms. The van der Waals surface area contributed by atoms with Gasteiger partial charge >= 0.3 is 0 Å². The standard InChI is InChI=1S/C15H13Cl2FO/c16-12-5-6-14(17)10(8-12)7-11(9-19)13-3-1-2-4-15(13)18/h1-6,8,11,19H,7,9H2. The molecule has 1 unspecified atom stereocenters. The van der Waals surface area contributed by atoms with Crippen molar-refractivity contribution in [1.82, 2.24) is 0 Å². The Kier molecular flexibility index (Phi) is 4.81. The van der Waals surface area contributed by atoms with Gasteiger partial charge in [-0.1, -0.05) is 41.4 Å². The first-order chi connectivity index (χ1) is 9.11. The van der Waals surface area contributed by atoms with Gasteiger partial charge in [0.2, 0.25) is 0 Å². The van der Waals surface area contributed by atoms with E-state index in [1.54, 1.807) is 36.4 Å². The molecule has 1 nitrogen and oxygen atoms in total. The number of aliphatic hydroxyl groups excluding tert-OH is 1. The normalized spacial score (nSPS) is 12.4. The third-order valence-corrected chi connectivity index (χ3v) is 3.64. The molecule has 0 aliphatic heterocycles. The van der Waals surface area contributed by atoms with E-state index in [4.69, 9.17) is 23.2 Å². The maximum absolute atomic E-state index is 13.7. The van der Waals surface area contributed by atoms with Crippen LogP contribution >= 0.6 is 23.2 Å². The summed E-state index contributed by atoms with van der Waals surface area (Å²) >= 11 is 12.0. The highest BCUT2D eigenvalue weighted by Crippen LogP contribution is 2.28. The lowest BCUT2D eigenvalue weighted by molar-refractivity contribution is 0.262. The minimum absolute atomic E-state index is 0.149. The monoisotopic (exact) mass is 298 g/mol. The highest BCUT2D eigenvalue weighted by Gasteiger charge is 2.16. The predicted molar refractivity (Wildman–Crippen MR) is 76.4 cm³/mol. The number of rotatable bonds is 4. The molecule has 2 aromatic carbocycles. The van der Waals surface area contributed by atoms with Gasteiger partial charge in [-0.15, -0.1) is 0 Å². The summed E-state index contributed by atoms with van der Waals surface area (Å²) in [5.74, 6) is -0.656. The number of aliphatic hydroxyl groups is 1. The predicted octanol–water partition coefficient (Wildman–Crippen LogP) is 4.45. The number of hydrogen-bond donors (Lipinski definition) is 1. The summed E-state index contributed by atoms with van der Waals surface area (Å²) in [6, 6.07) is 11.6. The fraction of sp³-hybridized carbons (Fsp3) is 0.200. The van der Waals surface area contributed by atoms with Crippen molar-refractivity contribution in [2.75, 3.05) is 6.61 Å². The van der Waals surface area contributed by atoms with E-state index < -0.39 is 0 Å². The molecule has 19 heavy (non-hydrogen) atoms. The zero-order chi connectivity index (χ0) is 13.8. The highest BCUT2D eigenvalue weighted by molar-refractivity contribution is 6.33. The summed E-state index contributed by atoms with van der Waals surface area (Å²) < 4.78 is 13.7. The Balaban J connectivity index is 2.29. The smallest absolute Gasteiger partial charge is 0.126 e. The second-order valence-electron chi connectivity index (χ2n) is 4.34. The summed E-state index contributed by atoms with van der Waals surface area (Å²) in [7, 11) is 0. The zero-order valence-electron chi connectivity index (χ0n) is 10.1. The van der Waals surface area contributed by atoms with Crippen LogP contribution in [-0.4, -0.2) is 11.7 Å². The average molecular weight is 299 g/mol. The molecule has 0 heterocycles. The van der Waals surface area contributed by atoms with Crippen LogP contribution in [0.3, 0.4) is 0 Å². The van der Waals surface area contributed by atoms with Crippen molar-refractivity contribution < 1.29 is 9.50 Å². The van der Waals surface area contributed by atoms with Crippen molar-refractivity contribution in [2.24, 2.45) is 0 Å². The van der Waals surface area contributed by atoms with E-state index in [0.717, 1.165) is 5.56 Å². The molecule has 0 saturated carbocycles. The third kappa shape index (κ3) is 3.47. The SMILES string of the molecule is OCC(Cc1cc(Cl)ccc1Cl)c1ccccc1F. The van der Waals surface area contributed by atoms with E-state index in [-0.39, 0.29) is 18.3 Å². The van der Waals surface area contributed by atoms with Crippen LogP contribution in [0.2, 0.25) is 10.0 Å². The first-order valence-electron chi connectivity index (χ1n) is 5.91. The summed E-state index contributed by atoms with van der Waals surface area (Å²) in [6.07, 6.45) is 0.441. The first-order valence-corrected chi connectivity index (χ1v) is 6.66. The third-order valence-electron chi connectivity index (χ3n) is 3.04. The molecule has 1 atom stereocenters. The molecule has 0 aliphatic carbocycles. The highest BCUT2D eigenvalue weighted by atomic mass is 35.5. The molecule has 100 valence electrons. The summed E-state index contributed by atoms with van der Waals surface area (Å²) in [4.78, 5) is 0. The average Bonchev–Trinajstić information content (AvgIpc) is 2.41. The lowest BCUT2D eigenvalue weighted by Crippen LogP contribution is -2.10. The molecule has 0 aromatic heterocycles. The van der Waals surface area contributed by atoms with Crippen molar-refractivity contribution in [3.8, 4) is 0 Å². The Hall–Kier alpha value is -1.09. The fourth-order valence-electron chi connectivity index (χ4n) is 2.04. The van der Waals surface area contributed by atoms with Gasteiger partial charge in [0.05, 0.1) is 6.61 Å². The van der Waals surface area contributed by atoms with Crippen LogP contribution in [0.4, 0.5) is 4.39 Å². The van der Waals surface area contributed by atoms with Gasteiger partial charge in [-0.3, -0.25) is 0 Å². The Morgan fingerprint density at radius 3 is 2.53 bits per heavy atom. The molecule has 1 N–H and O–H groups in total. The van der Waals surface area contributed by atoms with E-state index in [1.807, 2.05) is 0 Å². The van der Waals surface area contributed by atoms with Gasteiger partial charge in [0.25, 0.3) is 0 Å². The molecule has 2 rings (SSSR count). The van der Waals surface area contributed by atoms with Crippen molar-refractivity contribution in [3.05, 3.63) is 69.5 Å². The van der Waals surface area contributed by atoms with Gasteiger partial charge in [-0.2, -0.15) is 0 Å². The van der Waals surface area contributed by atoms with Gasteiger partial charge in [-0.05, 0) is 41.8 Å². The molecule has 0 bridgehead atoms. The Morgan fingerprint density at radius 2 is 1.84 bits per heavy atom. The minimum atomic E-state index is -0.336. The second-order valence-corrected chi connectivity index (χ2v) is 5.18. The maximum Gasteiger partial charge on any atom is 0.126 e. The summed E-state index contributed by atoms with van der Waals surface area (Å²) in [6.45, 7) is -0.149. The molecule has 0 spiro atoms. The number of halogens is 3. The molecular formula is C15H13Cl2FO. The molecule has 0 fully saturated rings. The van der Waals surface area contributed by atoms with Gasteiger partial charge in [-0.25, -0.2) is 4.39 Å². The van der Waals surface area contributed by atoms with Crippen molar-refractivity contribution in [1.29, 1.82) is 0 Å². The molecule has 0 aliphatic rings. The molecule has 0 saturated heterocycles. The van der Waals surface area contributed by atoms with E-state index in [9.17, 15) is 9.50 Å². The van der Waals surface area contributed by atoms with Gasteiger partial charge in [0, 0.05) is 16.0 Å². The van der Waals surface area contributed by atoms with Crippen LogP contribution in [0.5, 0.6) is 0 Å². The topological polar surface area (TPSA) is 20.2 Å². The van der Waals surface area contributed by atoms with E-state index >= 15 is 0 Å². The Morgan fingerprint density at radius 1 is 1.11 bits per heavy atom. The van der Waals surface area contributed by atoms with Crippen LogP contribution in [-0.2, 0) is 6.42 Å². The van der Waals surface area contributed by atoms with Crippen LogP contribution in [0.1, 0.15) is 17.0 Å². The molecule has 0 radical (unpaired) electrons. The molecule has 2 aromatic rings. The maximum atomic E-state index is 13.7. The lowest BCUT2D eigenvalue weighted by Gasteiger charge is -2.16. The Bertz CT molecular complexity index is 572. The van der Waals surface area contributed by atoms with E-state index in [0.29, 0.717) is 22.0 Å².